The molecule has 0 amide bonds. The molecule has 2 fully saturated rings. The van der Waals surface area contributed by atoms with Gasteiger partial charge in [-0.1, -0.05) is 18.2 Å². The first-order valence-electron chi connectivity index (χ1n) is 9.64. The highest BCUT2D eigenvalue weighted by atomic mass is 32.2. The third-order valence-corrected chi connectivity index (χ3v) is 6.79. The summed E-state index contributed by atoms with van der Waals surface area (Å²) < 4.78 is 39.4. The average molecular weight is 405 g/mol. The number of aryl methyl sites for hydroxylation is 1. The lowest BCUT2D eigenvalue weighted by Crippen LogP contribution is -2.49. The van der Waals surface area contributed by atoms with Crippen LogP contribution in [0.2, 0.25) is 0 Å². The molecule has 6 nitrogen and oxygen atoms in total. The van der Waals surface area contributed by atoms with Crippen molar-refractivity contribution < 1.29 is 12.8 Å². The van der Waals surface area contributed by atoms with E-state index >= 15 is 0 Å². The first-order chi connectivity index (χ1) is 13.3. The molecule has 0 spiro atoms. The van der Waals surface area contributed by atoms with Gasteiger partial charge in [0.05, 0.1) is 6.26 Å². The normalized spacial score (nSPS) is 18.5. The molecule has 2 aliphatic rings. The molecule has 1 aromatic heterocycles. The minimum atomic E-state index is -3.19. The van der Waals surface area contributed by atoms with Crippen LogP contribution in [0.4, 0.5) is 10.2 Å². The molecule has 2 aromatic rings. The summed E-state index contributed by atoms with van der Waals surface area (Å²) in [5.41, 5.74) is 2.41. The van der Waals surface area contributed by atoms with Crippen LogP contribution >= 0.6 is 0 Å². The van der Waals surface area contributed by atoms with Crippen molar-refractivity contribution in [3.05, 3.63) is 52.7 Å². The zero-order valence-electron chi connectivity index (χ0n) is 16.2. The van der Waals surface area contributed by atoms with E-state index in [1.54, 1.807) is 12.1 Å². The maximum atomic E-state index is 14.3. The molecule has 0 atom stereocenters. The number of hydrogen-bond acceptors (Lipinski definition) is 5. The molecular formula is C20H25FN4O2S. The zero-order chi connectivity index (χ0) is 19.9. The lowest BCUT2D eigenvalue weighted by Gasteiger charge is -2.35. The van der Waals surface area contributed by atoms with Crippen molar-refractivity contribution in [3.63, 3.8) is 0 Å². The Kier molecular flexibility index (Phi) is 5.09. The van der Waals surface area contributed by atoms with E-state index in [1.807, 2.05) is 13.0 Å². The molecule has 8 heteroatoms. The van der Waals surface area contributed by atoms with Crippen molar-refractivity contribution in [1.29, 1.82) is 0 Å². The van der Waals surface area contributed by atoms with E-state index in [1.165, 1.54) is 16.6 Å². The number of sulfonamides is 1. The van der Waals surface area contributed by atoms with Gasteiger partial charge >= 0.3 is 0 Å². The number of piperazine rings is 1. The summed E-state index contributed by atoms with van der Waals surface area (Å²) in [6.07, 6.45) is 3.87. The maximum absolute atomic E-state index is 14.3. The van der Waals surface area contributed by atoms with Crippen LogP contribution in [0.3, 0.4) is 0 Å². The maximum Gasteiger partial charge on any atom is 0.211 e. The lowest BCUT2D eigenvalue weighted by molar-refractivity contribution is 0.386. The van der Waals surface area contributed by atoms with Crippen LogP contribution in [0.5, 0.6) is 0 Å². The van der Waals surface area contributed by atoms with Gasteiger partial charge in [-0.3, -0.25) is 0 Å². The van der Waals surface area contributed by atoms with Crippen molar-refractivity contribution in [2.45, 2.75) is 32.1 Å². The van der Waals surface area contributed by atoms with Gasteiger partial charge < -0.3 is 4.90 Å². The number of rotatable bonds is 5. The van der Waals surface area contributed by atoms with Crippen LogP contribution in [-0.4, -0.2) is 55.1 Å². The summed E-state index contributed by atoms with van der Waals surface area (Å²) in [6, 6.07) is 6.77. The molecule has 4 rings (SSSR count). The second kappa shape index (κ2) is 7.40. The first-order valence-corrected chi connectivity index (χ1v) is 11.5. The molecular weight excluding hydrogens is 379 g/mol. The quantitative estimate of drug-likeness (QED) is 0.766. The van der Waals surface area contributed by atoms with Crippen molar-refractivity contribution in [3.8, 4) is 0 Å². The molecule has 0 N–H and O–H groups in total. The van der Waals surface area contributed by atoms with Gasteiger partial charge in [-0.2, -0.15) is 4.31 Å². The van der Waals surface area contributed by atoms with Gasteiger partial charge in [-0.05, 0) is 31.4 Å². The lowest BCUT2D eigenvalue weighted by atomic mass is 10.0. The summed E-state index contributed by atoms with van der Waals surface area (Å²) in [6.45, 7) is 3.95. The van der Waals surface area contributed by atoms with Gasteiger partial charge in [0.15, 0.2) is 0 Å². The highest BCUT2D eigenvalue weighted by molar-refractivity contribution is 7.88. The van der Waals surface area contributed by atoms with E-state index < -0.39 is 10.0 Å². The summed E-state index contributed by atoms with van der Waals surface area (Å²) in [4.78, 5) is 11.7. The van der Waals surface area contributed by atoms with Gasteiger partial charge in [0.2, 0.25) is 10.0 Å². The van der Waals surface area contributed by atoms with Crippen LogP contribution in [0.1, 0.15) is 41.4 Å². The van der Waals surface area contributed by atoms with Gasteiger partial charge in [0, 0.05) is 49.8 Å². The monoisotopic (exact) mass is 404 g/mol. The molecule has 0 unspecified atom stereocenters. The Morgan fingerprint density at radius 1 is 1.11 bits per heavy atom. The topological polar surface area (TPSA) is 66.4 Å². The van der Waals surface area contributed by atoms with E-state index in [-0.39, 0.29) is 5.82 Å². The highest BCUT2D eigenvalue weighted by Gasteiger charge is 2.31. The fourth-order valence-corrected chi connectivity index (χ4v) is 4.49. The standard InChI is InChI=1S/C20H25FN4O2S/c1-14-17(13-16-5-3-4-6-18(16)21)20(23-19(22-14)15-7-8-15)24-9-11-25(12-10-24)28(2,26)27/h3-6,15H,7-13H2,1-2H3. The molecule has 1 aromatic carbocycles. The van der Waals surface area contributed by atoms with Crippen molar-refractivity contribution >= 4 is 15.8 Å². The van der Waals surface area contributed by atoms with Crippen LogP contribution in [0.25, 0.3) is 0 Å². The Labute approximate surface area is 165 Å². The molecule has 0 bridgehead atoms. The predicted molar refractivity (Wildman–Crippen MR) is 107 cm³/mol. The molecule has 0 radical (unpaired) electrons. The molecule has 1 aliphatic carbocycles. The summed E-state index contributed by atoms with van der Waals surface area (Å²) in [5.74, 6) is 1.86. The number of halogens is 1. The minimum Gasteiger partial charge on any atom is -0.354 e. The summed E-state index contributed by atoms with van der Waals surface area (Å²) in [7, 11) is -3.19. The third-order valence-electron chi connectivity index (χ3n) is 5.48. The number of anilines is 1. The second-order valence-corrected chi connectivity index (χ2v) is 9.64. The molecule has 150 valence electrons. The molecule has 2 heterocycles. The third kappa shape index (κ3) is 4.03. The van der Waals surface area contributed by atoms with Crippen molar-refractivity contribution in [2.24, 2.45) is 0 Å². The number of hydrogen-bond donors (Lipinski definition) is 0. The van der Waals surface area contributed by atoms with E-state index in [4.69, 9.17) is 9.97 Å². The van der Waals surface area contributed by atoms with Crippen LogP contribution in [0, 0.1) is 12.7 Å². The molecule has 28 heavy (non-hydrogen) atoms. The average Bonchev–Trinajstić information content (AvgIpc) is 3.49. The zero-order valence-corrected chi connectivity index (χ0v) is 17.0. The first kappa shape index (κ1) is 19.3. The summed E-state index contributed by atoms with van der Waals surface area (Å²) in [5, 5.41) is 0. The van der Waals surface area contributed by atoms with E-state index in [0.29, 0.717) is 44.1 Å². The van der Waals surface area contributed by atoms with Crippen LogP contribution in [0.15, 0.2) is 24.3 Å². The van der Waals surface area contributed by atoms with Gasteiger partial charge in [0.25, 0.3) is 0 Å². The fourth-order valence-electron chi connectivity index (χ4n) is 3.66. The van der Waals surface area contributed by atoms with Gasteiger partial charge in [-0.15, -0.1) is 0 Å². The number of benzene rings is 1. The Hall–Kier alpha value is -2.06. The number of nitrogens with zero attached hydrogens (tertiary/aromatic N) is 4. The largest absolute Gasteiger partial charge is 0.354 e. The van der Waals surface area contributed by atoms with Crippen LogP contribution < -0.4 is 4.90 Å². The van der Waals surface area contributed by atoms with Gasteiger partial charge in [0.1, 0.15) is 17.5 Å². The Balaban J connectivity index is 1.67. The highest BCUT2D eigenvalue weighted by Crippen LogP contribution is 2.39. The Bertz CT molecular complexity index is 984. The predicted octanol–water partition coefficient (Wildman–Crippen LogP) is 2.47. The smallest absolute Gasteiger partial charge is 0.211 e. The molecule has 1 aliphatic heterocycles. The second-order valence-electron chi connectivity index (χ2n) is 7.66. The van der Waals surface area contributed by atoms with E-state index in [0.717, 1.165) is 35.7 Å². The van der Waals surface area contributed by atoms with Crippen molar-refractivity contribution in [1.82, 2.24) is 14.3 Å². The van der Waals surface area contributed by atoms with Crippen molar-refractivity contribution in [2.75, 3.05) is 37.3 Å². The summed E-state index contributed by atoms with van der Waals surface area (Å²) >= 11 is 0. The Morgan fingerprint density at radius 2 is 1.79 bits per heavy atom. The number of aromatic nitrogens is 2. The molecule has 1 saturated carbocycles. The fraction of sp³-hybridized carbons (Fsp3) is 0.500. The van der Waals surface area contributed by atoms with E-state index in [2.05, 4.69) is 4.90 Å². The van der Waals surface area contributed by atoms with Gasteiger partial charge in [-0.25, -0.2) is 22.8 Å². The van der Waals surface area contributed by atoms with Crippen LogP contribution in [-0.2, 0) is 16.4 Å². The van der Waals surface area contributed by atoms with E-state index in [9.17, 15) is 12.8 Å². The minimum absolute atomic E-state index is 0.235. The Morgan fingerprint density at radius 3 is 2.39 bits per heavy atom. The molecule has 1 saturated heterocycles. The SMILES string of the molecule is Cc1nc(C2CC2)nc(N2CCN(S(C)(=O)=O)CC2)c1Cc1ccccc1F.